The van der Waals surface area contributed by atoms with Crippen molar-refractivity contribution in [1.82, 2.24) is 4.98 Å². The van der Waals surface area contributed by atoms with E-state index in [0.717, 1.165) is 0 Å². The molecule has 0 radical (unpaired) electrons. The molecule has 162 valence electrons. The van der Waals surface area contributed by atoms with Crippen LogP contribution in [-0.4, -0.2) is 33.4 Å². The van der Waals surface area contributed by atoms with Crippen molar-refractivity contribution in [3.05, 3.63) is 63.7 Å². The van der Waals surface area contributed by atoms with Gasteiger partial charge in [-0.25, -0.2) is 35.7 Å². The quantitative estimate of drug-likeness (QED) is 0.328. The number of aromatic nitrogens is 1. The van der Waals surface area contributed by atoms with Gasteiger partial charge in [-0.05, 0) is 0 Å². The van der Waals surface area contributed by atoms with Crippen LogP contribution in [0.3, 0.4) is 0 Å². The van der Waals surface area contributed by atoms with E-state index < -0.39 is 94.5 Å². The molecule has 2 N–H and O–H groups in total. The summed E-state index contributed by atoms with van der Waals surface area (Å²) in [6.45, 7) is 0. The van der Waals surface area contributed by atoms with Gasteiger partial charge in [0.1, 0.15) is 11.6 Å². The van der Waals surface area contributed by atoms with E-state index in [4.69, 9.17) is 0 Å². The summed E-state index contributed by atoms with van der Waals surface area (Å²) in [5.41, 5.74) is -3.16. The first kappa shape index (κ1) is 21.8. The number of hydrogen-bond donors (Lipinski definition) is 2. The Labute approximate surface area is 160 Å². The van der Waals surface area contributed by atoms with E-state index in [1.54, 1.807) is 0 Å². The molecular weight excluding hydrogens is 439 g/mol. The molecule has 0 bridgehead atoms. The number of aliphatic hydroxyl groups excluding tert-OH is 2. The van der Waals surface area contributed by atoms with Crippen molar-refractivity contribution in [3.63, 3.8) is 0 Å². The maximum Gasteiger partial charge on any atom is 0.252 e. The SMILES string of the molecule is OC(CC1N=C(c2c(F)c(F)c(F)c(F)c2F)OC1O)c1c(F)c(F)nc(F)c1F. The van der Waals surface area contributed by atoms with Gasteiger partial charge in [-0.3, -0.25) is 0 Å². The Balaban J connectivity index is 1.96. The predicted molar refractivity (Wildman–Crippen MR) is 77.3 cm³/mol. The van der Waals surface area contributed by atoms with Gasteiger partial charge < -0.3 is 14.9 Å². The molecule has 5 nitrogen and oxygen atoms in total. The van der Waals surface area contributed by atoms with Crippen molar-refractivity contribution < 1.29 is 54.5 Å². The summed E-state index contributed by atoms with van der Waals surface area (Å²) < 4.78 is 126. The van der Waals surface area contributed by atoms with Gasteiger partial charge in [0.05, 0.1) is 11.7 Å². The summed E-state index contributed by atoms with van der Waals surface area (Å²) in [6.07, 6.45) is -5.58. The minimum Gasteiger partial charge on any atom is -0.445 e. The minimum atomic E-state index is -2.47. The van der Waals surface area contributed by atoms with Gasteiger partial charge in [0.25, 0.3) is 11.9 Å². The lowest BCUT2D eigenvalue weighted by molar-refractivity contribution is -0.0371. The zero-order chi connectivity index (χ0) is 22.5. The van der Waals surface area contributed by atoms with Crippen LogP contribution in [0.2, 0.25) is 0 Å². The van der Waals surface area contributed by atoms with Crippen LogP contribution in [0.5, 0.6) is 0 Å². The molecule has 0 amide bonds. The Morgan fingerprint density at radius 3 is 1.73 bits per heavy atom. The second-order valence-electron chi connectivity index (χ2n) is 5.94. The molecule has 0 aliphatic carbocycles. The Hall–Kier alpha value is -2.87. The molecule has 30 heavy (non-hydrogen) atoms. The molecule has 1 aromatic heterocycles. The molecule has 1 aliphatic heterocycles. The number of rotatable bonds is 4. The summed E-state index contributed by atoms with van der Waals surface area (Å²) in [5, 5.41) is 19.6. The van der Waals surface area contributed by atoms with Crippen molar-refractivity contribution >= 4 is 5.90 Å². The normalized spacial score (nSPS) is 19.6. The van der Waals surface area contributed by atoms with Crippen LogP contribution in [0.25, 0.3) is 0 Å². The Morgan fingerprint density at radius 1 is 0.767 bits per heavy atom. The first-order valence-electron chi connectivity index (χ1n) is 7.77. The third kappa shape index (κ3) is 3.45. The summed E-state index contributed by atoms with van der Waals surface area (Å²) in [4.78, 5) is 5.62. The van der Waals surface area contributed by atoms with Crippen LogP contribution in [0.15, 0.2) is 4.99 Å². The first-order chi connectivity index (χ1) is 14.0. The fourth-order valence-electron chi connectivity index (χ4n) is 2.67. The molecule has 3 unspecified atom stereocenters. The highest BCUT2D eigenvalue weighted by molar-refractivity contribution is 5.96. The molecule has 3 atom stereocenters. The molecule has 1 aliphatic rings. The van der Waals surface area contributed by atoms with E-state index in [1.165, 1.54) is 0 Å². The van der Waals surface area contributed by atoms with Crippen LogP contribution in [0, 0.1) is 52.6 Å². The van der Waals surface area contributed by atoms with Crippen LogP contribution in [-0.2, 0) is 4.74 Å². The lowest BCUT2D eigenvalue weighted by atomic mass is 10.0. The number of ether oxygens (including phenoxy) is 1. The molecule has 14 heteroatoms. The van der Waals surface area contributed by atoms with Crippen molar-refractivity contribution in [1.29, 1.82) is 0 Å². The Kier molecular flexibility index (Phi) is 5.64. The van der Waals surface area contributed by atoms with E-state index in [2.05, 4.69) is 14.7 Å². The number of pyridine rings is 1. The number of aliphatic hydroxyl groups is 2. The lowest BCUT2D eigenvalue weighted by Crippen LogP contribution is -2.25. The highest BCUT2D eigenvalue weighted by Gasteiger charge is 2.38. The maximum absolute atomic E-state index is 13.8. The van der Waals surface area contributed by atoms with Gasteiger partial charge in [0.15, 0.2) is 34.9 Å². The zero-order valence-corrected chi connectivity index (χ0v) is 14.0. The zero-order valence-electron chi connectivity index (χ0n) is 14.0. The fourth-order valence-corrected chi connectivity index (χ4v) is 2.67. The van der Waals surface area contributed by atoms with E-state index in [1.807, 2.05) is 0 Å². The van der Waals surface area contributed by atoms with Crippen molar-refractivity contribution in [2.75, 3.05) is 0 Å². The van der Waals surface area contributed by atoms with Crippen LogP contribution < -0.4 is 0 Å². The molecule has 1 aromatic carbocycles. The van der Waals surface area contributed by atoms with Crippen LogP contribution >= 0.6 is 0 Å². The number of nitrogens with zero attached hydrogens (tertiary/aromatic N) is 2. The third-order valence-corrected chi connectivity index (χ3v) is 4.10. The second-order valence-corrected chi connectivity index (χ2v) is 5.94. The standard InChI is InChI=1S/C16H7F9N2O3/c17-6-5(7(18)11(22)12(23)10(6)21)15-26-2(16(29)30-15)1-3(28)4-8(19)13(24)27-14(25)9(4)20/h2-3,16,28-29H,1H2. The smallest absolute Gasteiger partial charge is 0.252 e. The fraction of sp³-hybridized carbons (Fsp3) is 0.250. The highest BCUT2D eigenvalue weighted by Crippen LogP contribution is 2.32. The highest BCUT2D eigenvalue weighted by atomic mass is 19.2. The lowest BCUT2D eigenvalue weighted by Gasteiger charge is -2.17. The largest absolute Gasteiger partial charge is 0.445 e. The average molecular weight is 446 g/mol. The molecule has 0 saturated heterocycles. The second kappa shape index (κ2) is 7.75. The minimum absolute atomic E-state index is 1.03. The topological polar surface area (TPSA) is 74.9 Å². The predicted octanol–water partition coefficient (Wildman–Crippen LogP) is 2.92. The van der Waals surface area contributed by atoms with E-state index >= 15 is 0 Å². The van der Waals surface area contributed by atoms with Crippen molar-refractivity contribution in [2.45, 2.75) is 24.9 Å². The summed E-state index contributed by atoms with van der Waals surface area (Å²) >= 11 is 0. The monoisotopic (exact) mass is 446 g/mol. The number of hydrogen-bond acceptors (Lipinski definition) is 5. The summed E-state index contributed by atoms with van der Waals surface area (Å²) in [5.74, 6) is -21.4. The third-order valence-electron chi connectivity index (χ3n) is 4.10. The number of aliphatic imine (C=N–C) groups is 1. The number of benzene rings is 1. The number of halogens is 9. The molecule has 0 spiro atoms. The molecule has 0 fully saturated rings. The van der Waals surface area contributed by atoms with Gasteiger partial charge in [0, 0.05) is 6.42 Å². The van der Waals surface area contributed by atoms with E-state index in [0.29, 0.717) is 0 Å². The maximum atomic E-state index is 13.8. The van der Waals surface area contributed by atoms with Gasteiger partial charge in [-0.1, -0.05) is 0 Å². The van der Waals surface area contributed by atoms with Gasteiger partial charge in [-0.15, -0.1) is 0 Å². The first-order valence-corrected chi connectivity index (χ1v) is 7.77. The van der Waals surface area contributed by atoms with E-state index in [-0.39, 0.29) is 0 Å². The van der Waals surface area contributed by atoms with Gasteiger partial charge >= 0.3 is 0 Å². The van der Waals surface area contributed by atoms with Crippen LogP contribution in [0.4, 0.5) is 39.5 Å². The Morgan fingerprint density at radius 2 is 1.23 bits per heavy atom. The van der Waals surface area contributed by atoms with Crippen molar-refractivity contribution in [3.8, 4) is 0 Å². The molecular formula is C16H7F9N2O3. The van der Waals surface area contributed by atoms with Gasteiger partial charge in [-0.2, -0.15) is 13.8 Å². The molecule has 2 heterocycles. The summed E-state index contributed by atoms with van der Waals surface area (Å²) in [7, 11) is 0. The average Bonchev–Trinajstić information content (AvgIpc) is 3.03. The molecule has 0 saturated carbocycles. The Bertz CT molecular complexity index is 1010. The molecule has 3 rings (SSSR count). The van der Waals surface area contributed by atoms with Gasteiger partial charge in [0.2, 0.25) is 18.0 Å². The van der Waals surface area contributed by atoms with E-state index in [9.17, 15) is 49.7 Å². The summed E-state index contributed by atoms with van der Waals surface area (Å²) in [6, 6.07) is -1.77. The van der Waals surface area contributed by atoms with Crippen LogP contribution in [0.1, 0.15) is 23.7 Å². The molecule has 2 aromatic rings. The van der Waals surface area contributed by atoms with Crippen molar-refractivity contribution in [2.24, 2.45) is 4.99 Å².